The molecule has 28 heavy (non-hydrogen) atoms. The summed E-state index contributed by atoms with van der Waals surface area (Å²) in [6.45, 7) is 4.14. The van der Waals surface area contributed by atoms with E-state index in [1.807, 2.05) is 32.0 Å². The molecule has 0 aliphatic heterocycles. The summed E-state index contributed by atoms with van der Waals surface area (Å²) >= 11 is 4.02. The molecule has 4 bridgehead atoms. The van der Waals surface area contributed by atoms with Crippen molar-refractivity contribution in [3.63, 3.8) is 0 Å². The summed E-state index contributed by atoms with van der Waals surface area (Å²) in [7, 11) is 1.76. The predicted molar refractivity (Wildman–Crippen MR) is 116 cm³/mol. The Morgan fingerprint density at radius 1 is 1.18 bits per heavy atom. The van der Waals surface area contributed by atoms with E-state index in [0.29, 0.717) is 6.42 Å². The largest absolute Gasteiger partial charge is 0.336 e. The Morgan fingerprint density at radius 3 is 2.50 bits per heavy atom. The fourth-order valence-corrected chi connectivity index (χ4v) is 7.89. The molecule has 4 nitrogen and oxygen atoms in total. The maximum atomic E-state index is 13.0. The number of anilines is 1. The first kappa shape index (κ1) is 19.9. The molecule has 1 aromatic rings. The number of carbonyl (C=O) groups is 2. The molecule has 5 heteroatoms. The number of halogens is 1. The van der Waals surface area contributed by atoms with Crippen LogP contribution in [0.2, 0.25) is 0 Å². The third kappa shape index (κ3) is 3.87. The molecule has 0 saturated heterocycles. The third-order valence-electron chi connectivity index (χ3n) is 7.32. The minimum absolute atomic E-state index is 0.106. The molecule has 2 atom stereocenters. The molecule has 4 aliphatic carbocycles. The summed E-state index contributed by atoms with van der Waals surface area (Å²) < 4.78 is 0.260. The molecule has 1 aromatic carbocycles. The lowest BCUT2D eigenvalue weighted by Crippen LogP contribution is -2.54. The highest BCUT2D eigenvalue weighted by atomic mass is 79.9. The molecule has 1 N–H and O–H groups in total. The van der Waals surface area contributed by atoms with Gasteiger partial charge in [0.1, 0.15) is 0 Å². The van der Waals surface area contributed by atoms with Crippen LogP contribution in [-0.2, 0) is 9.59 Å². The lowest BCUT2D eigenvalue weighted by atomic mass is 9.48. The Balaban J connectivity index is 1.36. The monoisotopic (exact) mass is 446 g/mol. The van der Waals surface area contributed by atoms with E-state index < -0.39 is 0 Å². The van der Waals surface area contributed by atoms with Gasteiger partial charge in [-0.2, -0.15) is 0 Å². The topological polar surface area (TPSA) is 49.4 Å². The van der Waals surface area contributed by atoms with Crippen LogP contribution in [0.25, 0.3) is 0 Å². The minimum Gasteiger partial charge on any atom is -0.336 e. The van der Waals surface area contributed by atoms with Crippen molar-refractivity contribution in [2.24, 2.45) is 17.3 Å². The van der Waals surface area contributed by atoms with Crippen molar-refractivity contribution in [3.8, 4) is 0 Å². The Bertz CT molecular complexity index is 792. The number of likely N-dealkylation sites (N-methyl/N-ethyl adjacent to an activating group) is 1. The maximum Gasteiger partial charge on any atom is 0.243 e. The zero-order chi connectivity index (χ0) is 20.1. The lowest BCUT2D eigenvalue weighted by Gasteiger charge is -2.60. The summed E-state index contributed by atoms with van der Waals surface area (Å²) in [6.07, 6.45) is 7.95. The molecule has 4 fully saturated rings. The van der Waals surface area contributed by atoms with E-state index in [9.17, 15) is 9.59 Å². The van der Waals surface area contributed by atoms with Crippen molar-refractivity contribution in [1.82, 2.24) is 4.90 Å². The van der Waals surface area contributed by atoms with Gasteiger partial charge in [-0.25, -0.2) is 0 Å². The number of carbonyl (C=O) groups excluding carboxylic acids is 2. The van der Waals surface area contributed by atoms with Gasteiger partial charge in [0.15, 0.2) is 0 Å². The van der Waals surface area contributed by atoms with E-state index in [1.165, 1.54) is 32.1 Å². The lowest BCUT2D eigenvalue weighted by molar-refractivity contribution is -0.139. The highest BCUT2D eigenvalue weighted by molar-refractivity contribution is 9.10. The average molecular weight is 447 g/mol. The summed E-state index contributed by atoms with van der Waals surface area (Å²) in [5.41, 5.74) is 3.18. The molecule has 0 heterocycles. The van der Waals surface area contributed by atoms with Crippen molar-refractivity contribution < 1.29 is 9.59 Å². The highest BCUT2D eigenvalue weighted by Crippen LogP contribution is 2.65. The molecular weight excluding hydrogens is 416 g/mol. The van der Waals surface area contributed by atoms with Gasteiger partial charge in [0.25, 0.3) is 0 Å². The predicted octanol–water partition coefficient (Wildman–Crippen LogP) is 4.82. The molecule has 4 saturated carbocycles. The number of rotatable bonds is 5. The number of amides is 2. The van der Waals surface area contributed by atoms with Crippen LogP contribution in [0.1, 0.15) is 56.1 Å². The number of nitrogens with zero attached hydrogens (tertiary/aromatic N) is 1. The summed E-state index contributed by atoms with van der Waals surface area (Å²) in [6, 6.07) is 5.88. The molecule has 0 spiro atoms. The fraction of sp³-hybridized carbons (Fsp3) is 0.652. The highest BCUT2D eigenvalue weighted by Gasteiger charge is 2.57. The number of hydrogen-bond acceptors (Lipinski definition) is 2. The summed E-state index contributed by atoms with van der Waals surface area (Å²) in [5, 5.41) is 2.96. The standard InChI is InChI=1S/C23H31BrN2O2/c1-15-5-4-6-19(16(15)2)25-20(27)13-26(3)21(28)12-22-8-17-7-18(9-22)11-23(24,10-17)14-22/h4-6,17-18H,7-14H2,1-3H3,(H,25,27). The SMILES string of the molecule is Cc1cccc(NC(=O)CN(C)C(=O)CC23CC4CC(CC(Br)(C4)C2)C3)c1C. The van der Waals surface area contributed by atoms with Crippen LogP contribution in [0.5, 0.6) is 0 Å². The first-order valence-corrected chi connectivity index (χ1v) is 11.3. The molecular formula is C23H31BrN2O2. The molecule has 2 unspecified atom stereocenters. The van der Waals surface area contributed by atoms with Crippen LogP contribution in [-0.4, -0.2) is 34.6 Å². The first-order chi connectivity index (χ1) is 13.2. The normalized spacial score (nSPS) is 33.0. The average Bonchev–Trinajstić information content (AvgIpc) is 2.56. The van der Waals surface area contributed by atoms with Crippen LogP contribution in [0.15, 0.2) is 18.2 Å². The second kappa shape index (κ2) is 7.16. The van der Waals surface area contributed by atoms with Gasteiger partial charge in [0.2, 0.25) is 11.8 Å². The first-order valence-electron chi connectivity index (χ1n) is 10.5. The van der Waals surface area contributed by atoms with Gasteiger partial charge < -0.3 is 10.2 Å². The van der Waals surface area contributed by atoms with Crippen LogP contribution in [0.3, 0.4) is 0 Å². The zero-order valence-electron chi connectivity index (χ0n) is 17.2. The van der Waals surface area contributed by atoms with Gasteiger partial charge in [0, 0.05) is 23.5 Å². The van der Waals surface area contributed by atoms with Gasteiger partial charge in [-0.1, -0.05) is 28.1 Å². The summed E-state index contributed by atoms with van der Waals surface area (Å²) in [5.74, 6) is 1.51. The van der Waals surface area contributed by atoms with E-state index in [1.54, 1.807) is 11.9 Å². The van der Waals surface area contributed by atoms with Gasteiger partial charge in [0.05, 0.1) is 6.54 Å². The Morgan fingerprint density at radius 2 is 1.86 bits per heavy atom. The van der Waals surface area contributed by atoms with Crippen molar-refractivity contribution in [1.29, 1.82) is 0 Å². The van der Waals surface area contributed by atoms with E-state index in [0.717, 1.165) is 35.1 Å². The number of aryl methyl sites for hydroxylation is 1. The van der Waals surface area contributed by atoms with Crippen molar-refractivity contribution in [3.05, 3.63) is 29.3 Å². The second-order valence-corrected chi connectivity index (χ2v) is 11.5. The molecule has 2 amide bonds. The smallest absolute Gasteiger partial charge is 0.243 e. The maximum absolute atomic E-state index is 13.0. The Labute approximate surface area is 176 Å². The van der Waals surface area contributed by atoms with Crippen molar-refractivity contribution in [2.45, 2.75) is 63.1 Å². The van der Waals surface area contributed by atoms with Crippen molar-refractivity contribution in [2.75, 3.05) is 18.9 Å². The fourth-order valence-electron chi connectivity index (χ4n) is 6.38. The van der Waals surface area contributed by atoms with Crippen molar-refractivity contribution >= 4 is 33.4 Å². The second-order valence-electron chi connectivity index (χ2n) is 9.83. The molecule has 4 aliphatic rings. The van der Waals surface area contributed by atoms with E-state index in [2.05, 4.69) is 21.2 Å². The van der Waals surface area contributed by atoms with Gasteiger partial charge in [-0.05, 0) is 86.8 Å². The van der Waals surface area contributed by atoms with Gasteiger partial charge >= 0.3 is 0 Å². The van der Waals surface area contributed by atoms with E-state index in [-0.39, 0.29) is 28.1 Å². The third-order valence-corrected chi connectivity index (χ3v) is 8.25. The molecule has 5 rings (SSSR count). The van der Waals surface area contributed by atoms with E-state index in [4.69, 9.17) is 0 Å². The minimum atomic E-state index is -0.132. The number of nitrogens with one attached hydrogen (secondary N) is 1. The quantitative estimate of drug-likeness (QED) is 0.658. The number of benzene rings is 1. The number of alkyl halides is 1. The molecule has 152 valence electrons. The summed E-state index contributed by atoms with van der Waals surface area (Å²) in [4.78, 5) is 27.1. The van der Waals surface area contributed by atoms with Gasteiger partial charge in [-0.3, -0.25) is 9.59 Å². The zero-order valence-corrected chi connectivity index (χ0v) is 18.8. The molecule has 0 aromatic heterocycles. The van der Waals surface area contributed by atoms with Crippen LogP contribution < -0.4 is 5.32 Å². The van der Waals surface area contributed by atoms with E-state index >= 15 is 0 Å². The Kier molecular flexibility index (Phi) is 5.09. The van der Waals surface area contributed by atoms with Crippen LogP contribution >= 0.6 is 15.9 Å². The Hall–Kier alpha value is -1.36. The molecule has 0 radical (unpaired) electrons. The van der Waals surface area contributed by atoms with Gasteiger partial charge in [-0.15, -0.1) is 0 Å². The van der Waals surface area contributed by atoms with Crippen LogP contribution in [0, 0.1) is 31.1 Å². The van der Waals surface area contributed by atoms with Crippen LogP contribution in [0.4, 0.5) is 5.69 Å². The number of hydrogen-bond donors (Lipinski definition) is 1.